The van der Waals surface area contributed by atoms with E-state index in [2.05, 4.69) is 26.6 Å². The number of piperidine rings is 1. The molecule has 2 N–H and O–H groups in total. The molecule has 0 radical (unpaired) electrons. The number of carbonyl (C=O) groups excluding carboxylic acids is 1. The van der Waals surface area contributed by atoms with Gasteiger partial charge < -0.3 is 15.5 Å². The van der Waals surface area contributed by atoms with Crippen LogP contribution >= 0.6 is 15.9 Å². The van der Waals surface area contributed by atoms with Gasteiger partial charge in [-0.1, -0.05) is 22.4 Å². The Bertz CT molecular complexity index is 928. The first-order valence-corrected chi connectivity index (χ1v) is 10.5. The maximum Gasteiger partial charge on any atom is 0.256 e. The zero-order chi connectivity index (χ0) is 20.5. The number of nitrogens with one attached hydrogen (secondary N) is 2. The number of hydrogen-bond acceptors (Lipinski definition) is 3. The van der Waals surface area contributed by atoms with E-state index in [0.29, 0.717) is 29.5 Å². The lowest BCUT2D eigenvalue weighted by molar-refractivity contribution is 0.0393. The minimum Gasteiger partial charge on any atom is -0.350 e. The van der Waals surface area contributed by atoms with Crippen molar-refractivity contribution >= 4 is 33.2 Å². The summed E-state index contributed by atoms with van der Waals surface area (Å²) in [7, 11) is 0. The van der Waals surface area contributed by atoms with Gasteiger partial charge in [-0.3, -0.25) is 4.79 Å². The molecule has 1 atom stereocenters. The largest absolute Gasteiger partial charge is 0.350 e. The lowest BCUT2D eigenvalue weighted by atomic mass is 9.86. The normalized spacial score (nSPS) is 19.7. The molecule has 2 aliphatic heterocycles. The molecule has 2 heterocycles. The van der Waals surface area contributed by atoms with Crippen molar-refractivity contribution in [3.05, 3.63) is 57.8 Å². The number of hydrogen-bond donors (Lipinski definition) is 2. The van der Waals surface area contributed by atoms with Crippen LogP contribution in [-0.2, 0) is 0 Å². The van der Waals surface area contributed by atoms with E-state index in [-0.39, 0.29) is 16.9 Å². The molecule has 0 bridgehead atoms. The minimum absolute atomic E-state index is 0.0127. The summed E-state index contributed by atoms with van der Waals surface area (Å²) in [6.45, 7) is 2.13. The monoisotopic (exact) mass is 467 g/mol. The van der Waals surface area contributed by atoms with Gasteiger partial charge in [-0.15, -0.1) is 0 Å². The molecule has 2 saturated heterocycles. The smallest absolute Gasteiger partial charge is 0.256 e. The number of amides is 1. The first-order chi connectivity index (χ1) is 13.9. The maximum atomic E-state index is 14.5. The number of benzene rings is 2. The standard InChI is InChI=1S/C21H21BrF3N3O/c22-13-4-7-18(16(24)9-13)27-20-14(5-6-15(23)19(20)25)21(29)28-10-12(11-28)17-3-1-2-8-26-17/h4-7,9,12,17,26-27H,1-3,8,10-11H2. The first-order valence-electron chi connectivity index (χ1n) is 9.67. The third kappa shape index (κ3) is 4.14. The van der Waals surface area contributed by atoms with Crippen molar-refractivity contribution in [3.63, 3.8) is 0 Å². The van der Waals surface area contributed by atoms with E-state index in [1.54, 1.807) is 11.0 Å². The third-order valence-corrected chi connectivity index (χ3v) is 6.12. The molecule has 2 aromatic carbocycles. The first kappa shape index (κ1) is 20.2. The van der Waals surface area contributed by atoms with Gasteiger partial charge in [0.1, 0.15) is 5.82 Å². The van der Waals surface area contributed by atoms with Gasteiger partial charge in [-0.2, -0.15) is 0 Å². The Kier molecular flexibility index (Phi) is 5.83. The number of halogens is 4. The van der Waals surface area contributed by atoms with Crippen LogP contribution in [-0.4, -0.2) is 36.5 Å². The molecule has 0 spiro atoms. The zero-order valence-electron chi connectivity index (χ0n) is 15.7. The number of likely N-dealkylation sites (tertiary alicyclic amines) is 1. The van der Waals surface area contributed by atoms with Crippen LogP contribution in [0.4, 0.5) is 24.5 Å². The number of rotatable bonds is 4. The quantitative estimate of drug-likeness (QED) is 0.676. The molecular weight excluding hydrogens is 447 g/mol. The molecule has 29 heavy (non-hydrogen) atoms. The third-order valence-electron chi connectivity index (χ3n) is 5.63. The highest BCUT2D eigenvalue weighted by Crippen LogP contribution is 2.32. The Morgan fingerprint density at radius 1 is 1.10 bits per heavy atom. The Labute approximate surface area is 175 Å². The Morgan fingerprint density at radius 3 is 2.59 bits per heavy atom. The van der Waals surface area contributed by atoms with Crippen LogP contribution in [0.25, 0.3) is 0 Å². The van der Waals surface area contributed by atoms with Crippen molar-refractivity contribution in [3.8, 4) is 0 Å². The second kappa shape index (κ2) is 8.36. The fraction of sp³-hybridized carbons (Fsp3) is 0.381. The van der Waals surface area contributed by atoms with Crippen LogP contribution in [0, 0.1) is 23.4 Å². The second-order valence-corrected chi connectivity index (χ2v) is 8.48. The molecule has 0 aromatic heterocycles. The molecule has 0 saturated carbocycles. The van der Waals surface area contributed by atoms with E-state index in [0.717, 1.165) is 19.0 Å². The highest BCUT2D eigenvalue weighted by Gasteiger charge is 2.37. The summed E-state index contributed by atoms with van der Waals surface area (Å²) >= 11 is 3.15. The van der Waals surface area contributed by atoms with Crippen molar-refractivity contribution in [1.82, 2.24) is 10.2 Å². The van der Waals surface area contributed by atoms with Crippen LogP contribution < -0.4 is 10.6 Å². The van der Waals surface area contributed by atoms with Crippen molar-refractivity contribution in [2.45, 2.75) is 25.3 Å². The molecule has 154 valence electrons. The number of carbonyl (C=O) groups is 1. The lowest BCUT2D eigenvalue weighted by Crippen LogP contribution is -2.58. The van der Waals surface area contributed by atoms with Crippen LogP contribution in [0.5, 0.6) is 0 Å². The van der Waals surface area contributed by atoms with Gasteiger partial charge in [-0.25, -0.2) is 13.2 Å². The topological polar surface area (TPSA) is 44.4 Å². The summed E-state index contributed by atoms with van der Waals surface area (Å²) in [4.78, 5) is 14.6. The second-order valence-electron chi connectivity index (χ2n) is 7.56. The number of nitrogens with zero attached hydrogens (tertiary/aromatic N) is 1. The molecule has 8 heteroatoms. The van der Waals surface area contributed by atoms with Crippen molar-refractivity contribution in [1.29, 1.82) is 0 Å². The van der Waals surface area contributed by atoms with E-state index in [9.17, 15) is 18.0 Å². The van der Waals surface area contributed by atoms with Crippen LogP contribution in [0.1, 0.15) is 29.6 Å². The Morgan fingerprint density at radius 2 is 1.90 bits per heavy atom. The zero-order valence-corrected chi connectivity index (χ0v) is 17.2. The summed E-state index contributed by atoms with van der Waals surface area (Å²) < 4.78 is 43.1. The summed E-state index contributed by atoms with van der Waals surface area (Å²) in [5, 5.41) is 6.05. The highest BCUT2D eigenvalue weighted by atomic mass is 79.9. The molecule has 2 aromatic rings. The maximum absolute atomic E-state index is 14.5. The average Bonchev–Trinajstić information content (AvgIpc) is 2.67. The molecule has 4 nitrogen and oxygen atoms in total. The average molecular weight is 468 g/mol. The summed E-state index contributed by atoms with van der Waals surface area (Å²) in [6, 6.07) is 6.73. The summed E-state index contributed by atoms with van der Waals surface area (Å²) in [5.74, 6) is -2.98. The SMILES string of the molecule is O=C(c1ccc(F)c(F)c1Nc1ccc(Br)cc1F)N1CC(C2CCCCN2)C1. The molecule has 0 aliphatic carbocycles. The van der Waals surface area contributed by atoms with Gasteiger partial charge in [0.2, 0.25) is 0 Å². The molecular formula is C21H21BrF3N3O. The van der Waals surface area contributed by atoms with Crippen LogP contribution in [0.2, 0.25) is 0 Å². The van der Waals surface area contributed by atoms with Crippen molar-refractivity contribution in [2.24, 2.45) is 5.92 Å². The Balaban J connectivity index is 1.54. The van der Waals surface area contributed by atoms with E-state index in [1.165, 1.54) is 31.0 Å². The van der Waals surface area contributed by atoms with E-state index >= 15 is 0 Å². The minimum atomic E-state index is -1.20. The highest BCUT2D eigenvalue weighted by molar-refractivity contribution is 9.10. The van der Waals surface area contributed by atoms with E-state index < -0.39 is 23.4 Å². The molecule has 2 aliphatic rings. The molecule has 1 unspecified atom stereocenters. The molecule has 2 fully saturated rings. The van der Waals surface area contributed by atoms with Gasteiger partial charge in [0.05, 0.1) is 16.9 Å². The fourth-order valence-electron chi connectivity index (χ4n) is 3.96. The van der Waals surface area contributed by atoms with Gasteiger partial charge in [0.25, 0.3) is 5.91 Å². The summed E-state index contributed by atoms with van der Waals surface area (Å²) in [5.41, 5.74) is -0.406. The van der Waals surface area contributed by atoms with Crippen LogP contribution in [0.3, 0.4) is 0 Å². The predicted octanol–water partition coefficient (Wildman–Crippen LogP) is 4.82. The fourth-order valence-corrected chi connectivity index (χ4v) is 4.29. The van der Waals surface area contributed by atoms with Gasteiger partial charge in [0.15, 0.2) is 11.6 Å². The Hall–Kier alpha value is -2.06. The van der Waals surface area contributed by atoms with Gasteiger partial charge in [0, 0.05) is 29.5 Å². The van der Waals surface area contributed by atoms with Crippen LogP contribution in [0.15, 0.2) is 34.8 Å². The van der Waals surface area contributed by atoms with E-state index in [1.807, 2.05) is 0 Å². The van der Waals surface area contributed by atoms with Gasteiger partial charge in [-0.05, 0) is 49.7 Å². The lowest BCUT2D eigenvalue weighted by Gasteiger charge is -2.45. The molecule has 1 amide bonds. The van der Waals surface area contributed by atoms with Gasteiger partial charge >= 0.3 is 0 Å². The van der Waals surface area contributed by atoms with Crippen molar-refractivity contribution in [2.75, 3.05) is 25.0 Å². The summed E-state index contributed by atoms with van der Waals surface area (Å²) in [6.07, 6.45) is 3.44. The van der Waals surface area contributed by atoms with E-state index in [4.69, 9.17) is 0 Å². The van der Waals surface area contributed by atoms with Crippen molar-refractivity contribution < 1.29 is 18.0 Å². The molecule has 4 rings (SSSR count). The number of anilines is 2. The predicted molar refractivity (Wildman–Crippen MR) is 109 cm³/mol.